The van der Waals surface area contributed by atoms with E-state index < -0.39 is 0 Å². The molecule has 1 aliphatic heterocycles. The molecule has 0 radical (unpaired) electrons. The van der Waals surface area contributed by atoms with E-state index in [-0.39, 0.29) is 0 Å². The second kappa shape index (κ2) is 6.49. The Morgan fingerprint density at radius 3 is 2.79 bits per heavy atom. The van der Waals surface area contributed by atoms with Crippen LogP contribution in [0.25, 0.3) is 0 Å². The average Bonchev–Trinajstić information content (AvgIpc) is 2.30. The molecule has 0 unspecified atom stereocenters. The van der Waals surface area contributed by atoms with E-state index in [1.54, 1.807) is 0 Å². The molecule has 1 fully saturated rings. The van der Waals surface area contributed by atoms with Crippen molar-refractivity contribution in [1.29, 1.82) is 0 Å². The van der Waals surface area contributed by atoms with Crippen molar-refractivity contribution in [3.8, 4) is 0 Å². The Balaban J connectivity index is 1.50. The zero-order chi connectivity index (χ0) is 13.7. The molecule has 2 heterocycles. The Kier molecular flexibility index (Phi) is 4.94. The van der Waals surface area contributed by atoms with E-state index in [0.29, 0.717) is 5.41 Å². The van der Waals surface area contributed by atoms with Crippen LogP contribution < -0.4 is 5.32 Å². The van der Waals surface area contributed by atoms with Gasteiger partial charge in [-0.25, -0.2) is 0 Å². The minimum Gasteiger partial charge on any atom is -0.313 e. The maximum absolute atomic E-state index is 4.12. The van der Waals surface area contributed by atoms with Gasteiger partial charge in [0.25, 0.3) is 0 Å². The first-order valence-electron chi connectivity index (χ1n) is 7.37. The van der Waals surface area contributed by atoms with Crippen LogP contribution in [0.3, 0.4) is 0 Å². The lowest BCUT2D eigenvalue weighted by Crippen LogP contribution is -2.52. The molecule has 1 N–H and O–H groups in total. The third-order valence-electron chi connectivity index (χ3n) is 4.06. The number of hydrogen-bond acceptors (Lipinski definition) is 3. The van der Waals surface area contributed by atoms with Gasteiger partial charge in [-0.2, -0.15) is 0 Å². The van der Waals surface area contributed by atoms with E-state index in [9.17, 15) is 0 Å². The summed E-state index contributed by atoms with van der Waals surface area (Å²) >= 11 is 0. The van der Waals surface area contributed by atoms with Crippen LogP contribution in [-0.2, 0) is 6.54 Å². The smallest absolute Gasteiger partial charge is 0.0312 e. The van der Waals surface area contributed by atoms with Crippen LogP contribution in [0.5, 0.6) is 0 Å². The quantitative estimate of drug-likeness (QED) is 0.798. The van der Waals surface area contributed by atoms with Gasteiger partial charge in [-0.3, -0.25) is 4.98 Å². The second-order valence-corrected chi connectivity index (χ2v) is 6.71. The Hall–Kier alpha value is -0.930. The van der Waals surface area contributed by atoms with Crippen LogP contribution in [0.4, 0.5) is 0 Å². The molecule has 2 rings (SSSR count). The molecule has 19 heavy (non-hydrogen) atoms. The summed E-state index contributed by atoms with van der Waals surface area (Å²) < 4.78 is 0. The standard InChI is InChI=1S/C16H27N3/c1-16(2,3)15-12-19(13-15)9-5-8-18-11-14-6-4-7-17-10-14/h4,6-7,10,15,18H,5,8-9,11-13H2,1-3H3. The van der Waals surface area contributed by atoms with Crippen LogP contribution in [0.15, 0.2) is 24.5 Å². The SMILES string of the molecule is CC(C)(C)C1CN(CCCNCc2cccnc2)C1. The monoisotopic (exact) mass is 261 g/mol. The Morgan fingerprint density at radius 1 is 1.37 bits per heavy atom. The summed E-state index contributed by atoms with van der Waals surface area (Å²) in [6, 6.07) is 4.10. The van der Waals surface area contributed by atoms with Crippen molar-refractivity contribution in [3.05, 3.63) is 30.1 Å². The number of nitrogens with zero attached hydrogens (tertiary/aromatic N) is 2. The van der Waals surface area contributed by atoms with E-state index in [4.69, 9.17) is 0 Å². The molecule has 0 bridgehead atoms. The molecule has 3 nitrogen and oxygen atoms in total. The van der Waals surface area contributed by atoms with E-state index in [2.05, 4.69) is 42.0 Å². The fourth-order valence-corrected chi connectivity index (χ4v) is 2.46. The summed E-state index contributed by atoms with van der Waals surface area (Å²) in [5.74, 6) is 0.885. The zero-order valence-corrected chi connectivity index (χ0v) is 12.5. The van der Waals surface area contributed by atoms with E-state index in [1.165, 1.54) is 31.6 Å². The molecule has 1 aromatic rings. The lowest BCUT2D eigenvalue weighted by Gasteiger charge is -2.46. The van der Waals surface area contributed by atoms with Crippen molar-refractivity contribution >= 4 is 0 Å². The summed E-state index contributed by atoms with van der Waals surface area (Å²) in [4.78, 5) is 6.69. The minimum absolute atomic E-state index is 0.481. The normalized spacial score (nSPS) is 17.4. The zero-order valence-electron chi connectivity index (χ0n) is 12.5. The first kappa shape index (κ1) is 14.5. The third-order valence-corrected chi connectivity index (χ3v) is 4.06. The highest BCUT2D eigenvalue weighted by Crippen LogP contribution is 2.33. The third kappa shape index (κ3) is 4.59. The van der Waals surface area contributed by atoms with Crippen LogP contribution in [-0.4, -0.2) is 36.1 Å². The first-order valence-corrected chi connectivity index (χ1v) is 7.37. The number of pyridine rings is 1. The van der Waals surface area contributed by atoms with Crippen molar-refractivity contribution < 1.29 is 0 Å². The first-order chi connectivity index (χ1) is 9.05. The highest BCUT2D eigenvalue weighted by atomic mass is 15.2. The largest absolute Gasteiger partial charge is 0.313 e. The molecule has 0 saturated carbocycles. The lowest BCUT2D eigenvalue weighted by molar-refractivity contribution is 0.0244. The molecule has 0 aliphatic carbocycles. The lowest BCUT2D eigenvalue weighted by atomic mass is 9.76. The van der Waals surface area contributed by atoms with Gasteiger partial charge in [0.2, 0.25) is 0 Å². The Bertz CT molecular complexity index is 363. The fraction of sp³-hybridized carbons (Fsp3) is 0.688. The predicted molar refractivity (Wildman–Crippen MR) is 79.9 cm³/mol. The van der Waals surface area contributed by atoms with E-state index in [0.717, 1.165) is 19.0 Å². The van der Waals surface area contributed by atoms with Gasteiger partial charge in [0, 0.05) is 32.0 Å². The van der Waals surface area contributed by atoms with Crippen molar-refractivity contribution in [2.75, 3.05) is 26.2 Å². The van der Waals surface area contributed by atoms with E-state index >= 15 is 0 Å². The van der Waals surface area contributed by atoms with Gasteiger partial charge >= 0.3 is 0 Å². The van der Waals surface area contributed by atoms with Crippen LogP contribution in [0, 0.1) is 11.3 Å². The second-order valence-electron chi connectivity index (χ2n) is 6.71. The van der Waals surface area contributed by atoms with Gasteiger partial charge in [-0.05, 0) is 42.5 Å². The molecule has 1 saturated heterocycles. The number of likely N-dealkylation sites (tertiary alicyclic amines) is 1. The molecule has 1 aromatic heterocycles. The van der Waals surface area contributed by atoms with Gasteiger partial charge < -0.3 is 10.2 Å². The minimum atomic E-state index is 0.481. The maximum atomic E-state index is 4.12. The number of rotatable bonds is 6. The van der Waals surface area contributed by atoms with Crippen LogP contribution in [0.2, 0.25) is 0 Å². The molecular weight excluding hydrogens is 234 g/mol. The molecule has 0 atom stereocenters. The number of aromatic nitrogens is 1. The van der Waals surface area contributed by atoms with Gasteiger partial charge in [0.05, 0.1) is 0 Å². The van der Waals surface area contributed by atoms with Gasteiger partial charge in [0.1, 0.15) is 0 Å². The Morgan fingerprint density at radius 2 is 2.16 bits per heavy atom. The average molecular weight is 261 g/mol. The summed E-state index contributed by atoms with van der Waals surface area (Å²) in [6.07, 6.45) is 4.98. The highest BCUT2D eigenvalue weighted by molar-refractivity contribution is 5.07. The summed E-state index contributed by atoms with van der Waals surface area (Å²) in [5, 5.41) is 3.48. The highest BCUT2D eigenvalue weighted by Gasteiger charge is 2.34. The van der Waals surface area contributed by atoms with E-state index in [1.807, 2.05) is 18.5 Å². The number of hydrogen-bond donors (Lipinski definition) is 1. The molecule has 3 heteroatoms. The van der Waals surface area contributed by atoms with Crippen LogP contribution in [0.1, 0.15) is 32.8 Å². The fourth-order valence-electron chi connectivity index (χ4n) is 2.46. The van der Waals surface area contributed by atoms with Crippen molar-refractivity contribution in [2.45, 2.75) is 33.7 Å². The van der Waals surface area contributed by atoms with Crippen LogP contribution >= 0.6 is 0 Å². The maximum Gasteiger partial charge on any atom is 0.0312 e. The summed E-state index contributed by atoms with van der Waals surface area (Å²) in [5.41, 5.74) is 1.74. The topological polar surface area (TPSA) is 28.2 Å². The molecule has 0 amide bonds. The van der Waals surface area contributed by atoms with Crippen molar-refractivity contribution in [1.82, 2.24) is 15.2 Å². The van der Waals surface area contributed by atoms with Gasteiger partial charge in [-0.1, -0.05) is 26.8 Å². The van der Waals surface area contributed by atoms with Crippen molar-refractivity contribution in [2.24, 2.45) is 11.3 Å². The summed E-state index contributed by atoms with van der Waals surface area (Å²) in [7, 11) is 0. The molecular formula is C16H27N3. The van der Waals surface area contributed by atoms with Crippen molar-refractivity contribution in [3.63, 3.8) is 0 Å². The molecule has 1 aliphatic rings. The summed E-state index contributed by atoms with van der Waals surface area (Å²) in [6.45, 7) is 12.9. The van der Waals surface area contributed by atoms with Gasteiger partial charge in [-0.15, -0.1) is 0 Å². The van der Waals surface area contributed by atoms with Gasteiger partial charge in [0.15, 0.2) is 0 Å². The predicted octanol–water partition coefficient (Wildman–Crippen LogP) is 2.54. The molecule has 106 valence electrons. The molecule has 0 spiro atoms. The number of nitrogens with one attached hydrogen (secondary N) is 1. The molecule has 0 aromatic carbocycles. The Labute approximate surface area is 117 Å².